The lowest BCUT2D eigenvalue weighted by Crippen LogP contribution is -2.64. The first-order valence-corrected chi connectivity index (χ1v) is 14.2. The number of allylic oxidation sites excluding steroid dienone is 4. The van der Waals surface area contributed by atoms with E-state index in [2.05, 4.69) is 60.6 Å². The number of hydrogen-bond donors (Lipinski definition) is 0. The predicted molar refractivity (Wildman–Crippen MR) is 141 cm³/mol. The Kier molecular flexibility index (Phi) is 5.47. The van der Waals surface area contributed by atoms with Gasteiger partial charge in [-0.2, -0.15) is 0 Å². The number of methoxy groups -OCH3 is 1. The van der Waals surface area contributed by atoms with Crippen LogP contribution in [0.2, 0.25) is 0 Å². The van der Waals surface area contributed by atoms with Crippen LogP contribution in [0.15, 0.2) is 22.8 Å². The molecule has 0 spiro atoms. The average molecular weight is 501 g/mol. The van der Waals surface area contributed by atoms with Gasteiger partial charge in [0.1, 0.15) is 0 Å². The van der Waals surface area contributed by atoms with Crippen molar-refractivity contribution in [2.24, 2.45) is 50.2 Å². The molecule has 3 nitrogen and oxygen atoms in total. The van der Waals surface area contributed by atoms with E-state index < -0.39 is 5.41 Å². The van der Waals surface area contributed by atoms with Gasteiger partial charge in [0.05, 0.1) is 17.6 Å². The van der Waals surface area contributed by atoms with Crippen molar-refractivity contribution >= 4 is 23.4 Å². The summed E-state index contributed by atoms with van der Waals surface area (Å²) in [5.74, 6) is 1.09. The number of carbonyl (C=O) groups excluding carboxylic acids is 2. The van der Waals surface area contributed by atoms with Crippen LogP contribution in [0.5, 0.6) is 0 Å². The van der Waals surface area contributed by atoms with E-state index in [1.807, 2.05) is 0 Å². The molecule has 0 bridgehead atoms. The van der Waals surface area contributed by atoms with E-state index in [1.165, 1.54) is 5.57 Å². The highest BCUT2D eigenvalue weighted by atomic mass is 35.5. The van der Waals surface area contributed by atoms with Gasteiger partial charge in [0.2, 0.25) is 0 Å². The topological polar surface area (TPSA) is 43.4 Å². The van der Waals surface area contributed by atoms with Crippen LogP contribution < -0.4 is 0 Å². The lowest BCUT2D eigenvalue weighted by atomic mass is 9.34. The number of ether oxygens (including phenoxy) is 1. The lowest BCUT2D eigenvalue weighted by molar-refractivity contribution is -0.177. The number of fused-ring (bicyclic) bond motifs is 7. The zero-order valence-electron chi connectivity index (χ0n) is 23.1. The molecule has 0 saturated heterocycles. The van der Waals surface area contributed by atoms with Crippen LogP contribution in [0.3, 0.4) is 0 Å². The lowest BCUT2D eigenvalue weighted by Gasteiger charge is -2.69. The van der Waals surface area contributed by atoms with Crippen LogP contribution >= 0.6 is 11.6 Å². The summed E-state index contributed by atoms with van der Waals surface area (Å²) in [6.45, 7) is 16.4. The van der Waals surface area contributed by atoms with Crippen molar-refractivity contribution in [3.8, 4) is 0 Å². The minimum absolute atomic E-state index is 0.00570. The fourth-order valence-electron chi connectivity index (χ4n) is 10.2. The Hall–Kier alpha value is -1.09. The van der Waals surface area contributed by atoms with E-state index in [0.29, 0.717) is 16.9 Å². The molecule has 0 amide bonds. The zero-order chi connectivity index (χ0) is 25.8. The molecular weight excluding hydrogens is 456 g/mol. The Balaban J connectivity index is 1.64. The quantitative estimate of drug-likeness (QED) is 0.271. The number of halogens is 1. The molecule has 0 aromatic heterocycles. The minimum Gasteiger partial charge on any atom is -0.469 e. The monoisotopic (exact) mass is 500 g/mol. The maximum absolute atomic E-state index is 13.3. The highest BCUT2D eigenvalue weighted by Crippen LogP contribution is 2.75. The molecule has 4 heteroatoms. The summed E-state index contributed by atoms with van der Waals surface area (Å²) in [7, 11) is 1.57. The molecule has 3 saturated carbocycles. The molecule has 7 atom stereocenters. The molecule has 5 aliphatic rings. The van der Waals surface area contributed by atoms with Gasteiger partial charge in [-0.15, -0.1) is 0 Å². The molecule has 1 unspecified atom stereocenters. The molecule has 0 aliphatic heterocycles. The first-order chi connectivity index (χ1) is 16.1. The van der Waals surface area contributed by atoms with Gasteiger partial charge >= 0.3 is 5.97 Å². The molecule has 0 aromatic rings. The van der Waals surface area contributed by atoms with Crippen LogP contribution in [0.4, 0.5) is 0 Å². The number of carbonyl (C=O) groups is 2. The van der Waals surface area contributed by atoms with E-state index in [0.717, 1.165) is 51.4 Å². The first-order valence-electron chi connectivity index (χ1n) is 13.8. The van der Waals surface area contributed by atoms with E-state index >= 15 is 0 Å². The summed E-state index contributed by atoms with van der Waals surface area (Å²) in [6.07, 6.45) is 12.8. The third-order valence-corrected chi connectivity index (χ3v) is 12.8. The maximum Gasteiger partial charge on any atom is 0.312 e. The molecule has 5 rings (SSSR count). The van der Waals surface area contributed by atoms with Crippen LogP contribution in [0.25, 0.3) is 0 Å². The van der Waals surface area contributed by atoms with Crippen LogP contribution in [0.1, 0.15) is 99.8 Å². The second kappa shape index (κ2) is 7.49. The van der Waals surface area contributed by atoms with Crippen molar-refractivity contribution < 1.29 is 14.3 Å². The summed E-state index contributed by atoms with van der Waals surface area (Å²) in [4.78, 5) is 26.4. The Morgan fingerprint density at radius 1 is 0.971 bits per heavy atom. The van der Waals surface area contributed by atoms with Gasteiger partial charge < -0.3 is 4.74 Å². The molecule has 5 aliphatic carbocycles. The highest BCUT2D eigenvalue weighted by molar-refractivity contribution is 6.43. The Morgan fingerprint density at radius 2 is 1.63 bits per heavy atom. The molecule has 3 fully saturated rings. The maximum atomic E-state index is 13.3. The van der Waals surface area contributed by atoms with Crippen LogP contribution in [0, 0.1) is 50.2 Å². The van der Waals surface area contributed by atoms with Crippen LogP contribution in [-0.2, 0) is 14.3 Å². The molecule has 0 N–H and O–H groups in total. The molecule has 0 heterocycles. The zero-order valence-corrected chi connectivity index (χ0v) is 23.9. The van der Waals surface area contributed by atoms with Crippen molar-refractivity contribution in [3.63, 3.8) is 0 Å². The summed E-state index contributed by atoms with van der Waals surface area (Å²) in [5.41, 5.74) is 0.961. The molecule has 0 aromatic carbocycles. The van der Waals surface area contributed by atoms with Crippen LogP contribution in [-0.4, -0.2) is 18.9 Å². The molecule has 35 heavy (non-hydrogen) atoms. The molecule has 0 radical (unpaired) electrons. The van der Waals surface area contributed by atoms with E-state index in [1.54, 1.807) is 7.11 Å². The highest BCUT2D eigenvalue weighted by Gasteiger charge is 2.69. The molecule has 194 valence electrons. The number of Topliss-reactive ketones (excluding diaryl/α,β-unsaturated/α-hetero) is 1. The van der Waals surface area contributed by atoms with Gasteiger partial charge in [-0.25, -0.2) is 0 Å². The smallest absolute Gasteiger partial charge is 0.312 e. The van der Waals surface area contributed by atoms with Crippen molar-refractivity contribution in [2.45, 2.75) is 99.8 Å². The van der Waals surface area contributed by atoms with E-state index in [9.17, 15) is 9.59 Å². The second-order valence-electron chi connectivity index (χ2n) is 14.8. The van der Waals surface area contributed by atoms with Crippen molar-refractivity contribution in [1.82, 2.24) is 0 Å². The number of ketones is 1. The fourth-order valence-corrected chi connectivity index (χ4v) is 10.7. The van der Waals surface area contributed by atoms with Gasteiger partial charge in [0.15, 0.2) is 5.78 Å². The summed E-state index contributed by atoms with van der Waals surface area (Å²) >= 11 is 6.65. The number of esters is 1. The van der Waals surface area contributed by atoms with Gasteiger partial charge in [-0.3, -0.25) is 9.59 Å². The van der Waals surface area contributed by atoms with Gasteiger partial charge in [-0.05, 0) is 90.8 Å². The minimum atomic E-state index is -0.438. The summed E-state index contributed by atoms with van der Waals surface area (Å²) in [6, 6.07) is 0. The number of rotatable bonds is 1. The van der Waals surface area contributed by atoms with E-state index in [4.69, 9.17) is 16.3 Å². The number of hydrogen-bond acceptors (Lipinski definition) is 3. The van der Waals surface area contributed by atoms with Gasteiger partial charge in [-0.1, -0.05) is 77.8 Å². The fraction of sp³-hybridized carbons (Fsp3) is 0.806. The van der Waals surface area contributed by atoms with E-state index in [-0.39, 0.29) is 44.7 Å². The first kappa shape index (κ1) is 25.6. The third-order valence-electron chi connectivity index (χ3n) is 12.5. The predicted octanol–water partition coefficient (Wildman–Crippen LogP) is 7.87. The van der Waals surface area contributed by atoms with Crippen molar-refractivity contribution in [2.75, 3.05) is 7.11 Å². The van der Waals surface area contributed by atoms with Gasteiger partial charge in [0.25, 0.3) is 0 Å². The second-order valence-corrected chi connectivity index (χ2v) is 15.2. The third kappa shape index (κ3) is 3.09. The Morgan fingerprint density at radius 3 is 2.29 bits per heavy atom. The summed E-state index contributed by atoms with van der Waals surface area (Å²) < 4.78 is 5.47. The summed E-state index contributed by atoms with van der Waals surface area (Å²) in [5, 5.41) is 0.431. The largest absolute Gasteiger partial charge is 0.469 e. The Labute approximate surface area is 217 Å². The van der Waals surface area contributed by atoms with Crippen molar-refractivity contribution in [1.29, 1.82) is 0 Å². The Bertz CT molecular complexity index is 1040. The average Bonchev–Trinajstić information content (AvgIpc) is 2.77. The normalized spacial score (nSPS) is 47.8. The standard InChI is InChI=1S/C31H45ClO3/c1-26(2)13-15-31(25(34)35-8)16-14-29(6)19(20(31)17-26)9-10-23-28(5)18-21(32)24(33)27(3,4)22(28)11-12-30(23,29)7/h9,18,20,22-23H,10-17H2,1-8H3/t20?,22-,23+,28-,29+,30+,31-/m0/s1. The van der Waals surface area contributed by atoms with Gasteiger partial charge in [0, 0.05) is 5.41 Å². The molecular formula is C31H45ClO3. The SMILES string of the molecule is COC(=O)[C@]12CCC(C)(C)CC1C1=CC[C@@H]3[C@@]4(C)C=C(Cl)C(=O)C(C)(C)[C@@H]4CC[C@@]3(C)[C@]1(C)CC2. The van der Waals surface area contributed by atoms with Crippen molar-refractivity contribution in [3.05, 3.63) is 22.8 Å².